The van der Waals surface area contributed by atoms with Gasteiger partial charge in [-0.1, -0.05) is 11.6 Å². The van der Waals surface area contributed by atoms with Crippen molar-refractivity contribution in [2.75, 3.05) is 0 Å². The zero-order valence-corrected chi connectivity index (χ0v) is 5.17. The van der Waals surface area contributed by atoms with Gasteiger partial charge in [0.15, 0.2) is 0 Å². The van der Waals surface area contributed by atoms with Gasteiger partial charge >= 0.3 is 0 Å². The molecule has 0 aliphatic heterocycles. The molecule has 1 aromatic rings. The van der Waals surface area contributed by atoms with E-state index in [9.17, 15) is 0 Å². The van der Waals surface area contributed by atoms with E-state index in [-0.39, 0.29) is 8.41 Å². The van der Waals surface area contributed by atoms with E-state index in [0.717, 1.165) is 4.34 Å². The summed E-state index contributed by atoms with van der Waals surface area (Å²) in [5.74, 6) is 0. The number of hydrogen-bond donors (Lipinski definition) is 0. The summed E-state index contributed by atoms with van der Waals surface area (Å²) in [6, 6.07) is 3.79. The molecule has 7 heavy (non-hydrogen) atoms. The molecule has 0 spiro atoms. The van der Waals surface area contributed by atoms with Crippen LogP contribution in [0, 0.1) is 0 Å². The standard InChI is InChI=1S/C4H3ClS.B/c5-4-2-1-3-6-4;/h1-3H;. The normalized spacial score (nSPS) is 7.57. The van der Waals surface area contributed by atoms with Gasteiger partial charge in [0.1, 0.15) is 0 Å². The fourth-order valence-electron chi connectivity index (χ4n) is 0.259. The minimum Gasteiger partial charge on any atom is -0.132 e. The predicted molar refractivity (Wildman–Crippen MR) is 35.1 cm³/mol. The van der Waals surface area contributed by atoms with Gasteiger partial charge in [0.25, 0.3) is 0 Å². The van der Waals surface area contributed by atoms with E-state index in [0.29, 0.717) is 0 Å². The van der Waals surface area contributed by atoms with Gasteiger partial charge in [0, 0.05) is 8.41 Å². The van der Waals surface area contributed by atoms with Gasteiger partial charge in [0.05, 0.1) is 4.34 Å². The number of halogens is 1. The van der Waals surface area contributed by atoms with Gasteiger partial charge in [-0.25, -0.2) is 0 Å². The fourth-order valence-corrected chi connectivity index (χ4v) is 0.930. The third-order valence-electron chi connectivity index (χ3n) is 0.486. The molecular weight excluding hydrogens is 126 g/mol. The van der Waals surface area contributed by atoms with Crippen molar-refractivity contribution in [1.29, 1.82) is 0 Å². The van der Waals surface area contributed by atoms with Crippen LogP contribution >= 0.6 is 22.9 Å². The second-order valence-electron chi connectivity index (χ2n) is 0.917. The molecule has 1 rings (SSSR count). The lowest BCUT2D eigenvalue weighted by Gasteiger charge is -1.62. The Kier molecular flexibility index (Phi) is 3.13. The summed E-state index contributed by atoms with van der Waals surface area (Å²) < 4.78 is 0.856. The van der Waals surface area contributed by atoms with Crippen molar-refractivity contribution in [3.8, 4) is 0 Å². The first-order valence-corrected chi connectivity index (χ1v) is 2.84. The summed E-state index contributed by atoms with van der Waals surface area (Å²) in [5.41, 5.74) is 0. The maximum absolute atomic E-state index is 5.47. The molecule has 0 bridgehead atoms. The van der Waals surface area contributed by atoms with Crippen LogP contribution in [0.1, 0.15) is 0 Å². The first-order valence-electron chi connectivity index (χ1n) is 1.58. The molecule has 0 nitrogen and oxygen atoms in total. The highest BCUT2D eigenvalue weighted by Crippen LogP contribution is 2.13. The van der Waals surface area contributed by atoms with Gasteiger partial charge < -0.3 is 0 Å². The largest absolute Gasteiger partial charge is 0.132 e. The lowest BCUT2D eigenvalue weighted by Crippen LogP contribution is -1.29. The van der Waals surface area contributed by atoms with Gasteiger partial charge in [-0.2, -0.15) is 0 Å². The van der Waals surface area contributed by atoms with Crippen molar-refractivity contribution in [2.45, 2.75) is 0 Å². The van der Waals surface area contributed by atoms with E-state index in [1.165, 1.54) is 0 Å². The maximum atomic E-state index is 5.47. The monoisotopic (exact) mass is 129 g/mol. The first kappa shape index (κ1) is 7.05. The van der Waals surface area contributed by atoms with Gasteiger partial charge in [-0.15, -0.1) is 11.3 Å². The zero-order valence-electron chi connectivity index (χ0n) is 3.60. The Morgan fingerprint density at radius 2 is 2.29 bits per heavy atom. The molecule has 0 saturated heterocycles. The van der Waals surface area contributed by atoms with Crippen molar-refractivity contribution in [3.05, 3.63) is 21.8 Å². The van der Waals surface area contributed by atoms with Gasteiger partial charge in [-0.3, -0.25) is 0 Å². The molecule has 35 valence electrons. The van der Waals surface area contributed by atoms with Crippen LogP contribution in [-0.2, 0) is 0 Å². The minimum atomic E-state index is 0. The molecule has 0 unspecified atom stereocenters. The molecule has 0 fully saturated rings. The van der Waals surface area contributed by atoms with Crippen LogP contribution in [0.25, 0.3) is 0 Å². The van der Waals surface area contributed by atoms with Crippen LogP contribution in [0.2, 0.25) is 4.34 Å². The third-order valence-corrected chi connectivity index (χ3v) is 1.53. The average Bonchev–Trinajstić information content (AvgIpc) is 1.86. The first-order chi connectivity index (χ1) is 2.89. The Labute approximate surface area is 53.7 Å². The molecular formula is C4H3BClS. The van der Waals surface area contributed by atoms with Gasteiger partial charge in [0.2, 0.25) is 0 Å². The summed E-state index contributed by atoms with van der Waals surface area (Å²) in [4.78, 5) is 0. The van der Waals surface area contributed by atoms with E-state index in [2.05, 4.69) is 0 Å². The zero-order chi connectivity index (χ0) is 4.41. The lowest BCUT2D eigenvalue weighted by atomic mass is 10.7. The average molecular weight is 129 g/mol. The Morgan fingerprint density at radius 3 is 2.43 bits per heavy atom. The fraction of sp³-hybridized carbons (Fsp3) is 0. The maximum Gasteiger partial charge on any atom is 0.0928 e. The van der Waals surface area contributed by atoms with Crippen LogP contribution in [0.5, 0.6) is 0 Å². The Balaban J connectivity index is 0.000000360. The summed E-state index contributed by atoms with van der Waals surface area (Å²) >= 11 is 7.02. The van der Waals surface area contributed by atoms with Crippen molar-refractivity contribution in [3.63, 3.8) is 0 Å². The van der Waals surface area contributed by atoms with E-state index >= 15 is 0 Å². The summed E-state index contributed by atoms with van der Waals surface area (Å²) in [6.07, 6.45) is 0. The molecule has 0 aromatic carbocycles. The van der Waals surface area contributed by atoms with Gasteiger partial charge in [-0.05, 0) is 17.5 Å². The van der Waals surface area contributed by atoms with Crippen molar-refractivity contribution >= 4 is 31.4 Å². The number of rotatable bonds is 0. The predicted octanol–water partition coefficient (Wildman–Crippen LogP) is 2.02. The molecule has 0 aliphatic rings. The second kappa shape index (κ2) is 3.11. The van der Waals surface area contributed by atoms with E-state index < -0.39 is 0 Å². The molecule has 1 aromatic heterocycles. The molecule has 0 saturated carbocycles. The van der Waals surface area contributed by atoms with Crippen LogP contribution in [0.3, 0.4) is 0 Å². The van der Waals surface area contributed by atoms with Crippen LogP contribution in [0.15, 0.2) is 17.5 Å². The lowest BCUT2D eigenvalue weighted by molar-refractivity contribution is 2.02. The SMILES string of the molecule is Clc1cccs1.[B]. The van der Waals surface area contributed by atoms with Crippen molar-refractivity contribution in [1.82, 2.24) is 0 Å². The Morgan fingerprint density at radius 1 is 1.57 bits per heavy atom. The third kappa shape index (κ3) is 2.00. The summed E-state index contributed by atoms with van der Waals surface area (Å²) in [6.45, 7) is 0. The highest BCUT2D eigenvalue weighted by atomic mass is 35.5. The summed E-state index contributed by atoms with van der Waals surface area (Å²) in [7, 11) is 0. The molecule has 0 atom stereocenters. The number of thiophene rings is 1. The van der Waals surface area contributed by atoms with E-state index in [1.807, 2.05) is 17.5 Å². The Hall–Kier alpha value is 0.0549. The highest BCUT2D eigenvalue weighted by molar-refractivity contribution is 7.14. The molecule has 3 radical (unpaired) electrons. The van der Waals surface area contributed by atoms with Crippen LogP contribution in [0.4, 0.5) is 0 Å². The molecule has 0 aliphatic carbocycles. The molecule has 0 amide bonds. The van der Waals surface area contributed by atoms with Crippen LogP contribution in [-0.4, -0.2) is 8.41 Å². The number of hydrogen-bond acceptors (Lipinski definition) is 1. The van der Waals surface area contributed by atoms with Crippen LogP contribution < -0.4 is 0 Å². The molecule has 1 heterocycles. The quantitative estimate of drug-likeness (QED) is 0.470. The van der Waals surface area contributed by atoms with Crippen molar-refractivity contribution in [2.24, 2.45) is 0 Å². The molecule has 3 heteroatoms. The van der Waals surface area contributed by atoms with Crippen molar-refractivity contribution < 1.29 is 0 Å². The summed E-state index contributed by atoms with van der Waals surface area (Å²) in [5, 5.41) is 1.95. The highest BCUT2D eigenvalue weighted by Gasteiger charge is 1.77. The Bertz CT molecular complexity index is 115. The van der Waals surface area contributed by atoms with E-state index in [4.69, 9.17) is 11.6 Å². The second-order valence-corrected chi connectivity index (χ2v) is 2.50. The minimum absolute atomic E-state index is 0. The topological polar surface area (TPSA) is 0 Å². The van der Waals surface area contributed by atoms with E-state index in [1.54, 1.807) is 11.3 Å². The molecule has 0 N–H and O–H groups in total. The smallest absolute Gasteiger partial charge is 0.0928 e.